The average molecular weight is 430 g/mol. The molecule has 0 bridgehead atoms. The molecule has 0 spiro atoms. The van der Waals surface area contributed by atoms with Gasteiger partial charge in [-0.05, 0) is 29.3 Å². The van der Waals surface area contributed by atoms with Crippen molar-refractivity contribution in [1.29, 1.82) is 0 Å². The van der Waals surface area contributed by atoms with E-state index in [2.05, 4.69) is 20.9 Å². The second-order valence-electron chi connectivity index (χ2n) is 5.64. The van der Waals surface area contributed by atoms with Gasteiger partial charge >= 0.3 is 11.9 Å². The van der Waals surface area contributed by atoms with Crippen LogP contribution in [0.5, 0.6) is 0 Å². The van der Waals surface area contributed by atoms with Crippen LogP contribution in [0.1, 0.15) is 17.5 Å². The Hall–Kier alpha value is -2.73. The first-order chi connectivity index (χ1) is 13.0. The van der Waals surface area contributed by atoms with E-state index in [-0.39, 0.29) is 6.42 Å². The van der Waals surface area contributed by atoms with Crippen LogP contribution >= 0.6 is 15.9 Å². The largest absolute Gasteiger partial charge is 0.467 e. The van der Waals surface area contributed by atoms with Crippen molar-refractivity contribution in [2.24, 2.45) is 4.99 Å². The lowest BCUT2D eigenvalue weighted by Gasteiger charge is -2.12. The van der Waals surface area contributed by atoms with Crippen LogP contribution < -0.4 is 0 Å². The number of carbonyl (C=O) groups is 2. The second-order valence-corrected chi connectivity index (χ2v) is 6.56. The Morgan fingerprint density at radius 3 is 2.26 bits per heavy atom. The smallest absolute Gasteiger partial charge is 0.333 e. The molecule has 5 nitrogen and oxygen atoms in total. The highest BCUT2D eigenvalue weighted by atomic mass is 79.9. The lowest BCUT2D eigenvalue weighted by Crippen LogP contribution is -2.23. The van der Waals surface area contributed by atoms with Gasteiger partial charge in [-0.25, -0.2) is 9.59 Å². The number of aliphatic imine (C=N–C) groups is 1. The Labute approximate surface area is 166 Å². The highest BCUT2D eigenvalue weighted by Gasteiger charge is 2.23. The molecule has 0 fully saturated rings. The number of rotatable bonds is 7. The lowest BCUT2D eigenvalue weighted by molar-refractivity contribution is -0.142. The van der Waals surface area contributed by atoms with Crippen LogP contribution in [0.3, 0.4) is 0 Å². The fourth-order valence-electron chi connectivity index (χ4n) is 2.35. The number of nitrogens with zero attached hydrogens (tertiary/aromatic N) is 1. The first-order valence-corrected chi connectivity index (χ1v) is 9.03. The molecule has 1 atom stereocenters. The summed E-state index contributed by atoms with van der Waals surface area (Å²) in [5.41, 5.74) is 2.00. The van der Waals surface area contributed by atoms with Gasteiger partial charge in [-0.3, -0.25) is 4.99 Å². The maximum Gasteiger partial charge on any atom is 0.333 e. The van der Waals surface area contributed by atoms with E-state index < -0.39 is 18.0 Å². The van der Waals surface area contributed by atoms with Crippen molar-refractivity contribution < 1.29 is 19.1 Å². The third-order valence-electron chi connectivity index (χ3n) is 3.75. The number of ether oxygens (including phenoxy) is 2. The van der Waals surface area contributed by atoms with E-state index in [1.165, 1.54) is 14.2 Å². The van der Waals surface area contributed by atoms with Crippen molar-refractivity contribution >= 4 is 40.2 Å². The number of hydrogen-bond acceptors (Lipinski definition) is 5. The van der Waals surface area contributed by atoms with Gasteiger partial charge < -0.3 is 9.47 Å². The zero-order chi connectivity index (χ0) is 19.6. The van der Waals surface area contributed by atoms with E-state index in [4.69, 9.17) is 9.47 Å². The summed E-state index contributed by atoms with van der Waals surface area (Å²) in [6, 6.07) is 16.0. The van der Waals surface area contributed by atoms with Gasteiger partial charge in [-0.15, -0.1) is 0 Å². The molecule has 0 heterocycles. The van der Waals surface area contributed by atoms with E-state index in [0.29, 0.717) is 5.57 Å². The van der Waals surface area contributed by atoms with Crippen LogP contribution in [-0.2, 0) is 19.1 Å². The summed E-state index contributed by atoms with van der Waals surface area (Å²) in [6.45, 7) is 0. The van der Waals surface area contributed by atoms with Crippen LogP contribution in [-0.4, -0.2) is 38.4 Å². The molecule has 2 aromatic rings. The number of methoxy groups -OCH3 is 2. The van der Waals surface area contributed by atoms with Crippen molar-refractivity contribution in [2.45, 2.75) is 12.5 Å². The molecule has 0 aliphatic rings. The molecule has 0 aliphatic carbocycles. The molecule has 0 saturated heterocycles. The zero-order valence-corrected chi connectivity index (χ0v) is 16.7. The topological polar surface area (TPSA) is 65.0 Å². The molecule has 0 N–H and O–H groups in total. The van der Waals surface area contributed by atoms with E-state index in [9.17, 15) is 9.59 Å². The summed E-state index contributed by atoms with van der Waals surface area (Å²) in [4.78, 5) is 28.7. The van der Waals surface area contributed by atoms with E-state index in [1.54, 1.807) is 12.3 Å². The Bertz CT molecular complexity index is 829. The summed E-state index contributed by atoms with van der Waals surface area (Å²) in [6.07, 6.45) is 3.35. The second kappa shape index (κ2) is 10.4. The monoisotopic (exact) mass is 429 g/mol. The van der Waals surface area contributed by atoms with Crippen LogP contribution in [0.4, 0.5) is 0 Å². The zero-order valence-electron chi connectivity index (χ0n) is 15.1. The highest BCUT2D eigenvalue weighted by Crippen LogP contribution is 2.17. The minimum Gasteiger partial charge on any atom is -0.467 e. The van der Waals surface area contributed by atoms with E-state index in [0.717, 1.165) is 15.6 Å². The molecule has 0 radical (unpaired) electrons. The van der Waals surface area contributed by atoms with Crippen molar-refractivity contribution in [1.82, 2.24) is 0 Å². The lowest BCUT2D eigenvalue weighted by atomic mass is 10.0. The number of hydrogen-bond donors (Lipinski definition) is 0. The fourth-order valence-corrected chi connectivity index (χ4v) is 2.61. The molecular formula is C21H20BrNO4. The summed E-state index contributed by atoms with van der Waals surface area (Å²) in [7, 11) is 2.60. The minimum absolute atomic E-state index is 0.0707. The predicted octanol–water partition coefficient (Wildman–Crippen LogP) is 4.06. The van der Waals surface area contributed by atoms with Crippen LogP contribution in [0.25, 0.3) is 6.08 Å². The molecule has 0 aromatic heterocycles. The van der Waals surface area contributed by atoms with Gasteiger partial charge in [0.1, 0.15) is 0 Å². The summed E-state index contributed by atoms with van der Waals surface area (Å²) in [5, 5.41) is 0. The van der Waals surface area contributed by atoms with Gasteiger partial charge in [0, 0.05) is 22.7 Å². The van der Waals surface area contributed by atoms with Crippen molar-refractivity contribution in [3.8, 4) is 0 Å². The summed E-state index contributed by atoms with van der Waals surface area (Å²) < 4.78 is 10.7. The molecule has 2 aromatic carbocycles. The van der Waals surface area contributed by atoms with Crippen molar-refractivity contribution in [2.75, 3.05) is 14.2 Å². The van der Waals surface area contributed by atoms with Gasteiger partial charge in [0.25, 0.3) is 0 Å². The van der Waals surface area contributed by atoms with Crippen molar-refractivity contribution in [3.63, 3.8) is 0 Å². The maximum atomic E-state index is 12.2. The molecule has 6 heteroatoms. The van der Waals surface area contributed by atoms with Crippen LogP contribution in [0.15, 0.2) is 69.6 Å². The molecule has 0 aliphatic heterocycles. The Morgan fingerprint density at radius 2 is 1.67 bits per heavy atom. The minimum atomic E-state index is -0.854. The average Bonchev–Trinajstić information content (AvgIpc) is 2.71. The van der Waals surface area contributed by atoms with Gasteiger partial charge in [-0.1, -0.05) is 58.4 Å². The van der Waals surface area contributed by atoms with E-state index >= 15 is 0 Å². The number of benzene rings is 2. The first-order valence-electron chi connectivity index (χ1n) is 8.24. The van der Waals surface area contributed by atoms with Gasteiger partial charge in [0.2, 0.25) is 0 Å². The van der Waals surface area contributed by atoms with Gasteiger partial charge in [0.05, 0.1) is 14.2 Å². The maximum absolute atomic E-state index is 12.2. The summed E-state index contributed by atoms with van der Waals surface area (Å²) >= 11 is 3.37. The van der Waals surface area contributed by atoms with Gasteiger partial charge in [0.15, 0.2) is 6.04 Å². The molecule has 27 heavy (non-hydrogen) atoms. The van der Waals surface area contributed by atoms with Crippen LogP contribution in [0, 0.1) is 0 Å². The standard InChI is InChI=1S/C21H20BrNO4/c1-26-20(24)17(12-15-6-4-3-5-7-15)13-19(21(25)27-2)23-14-16-8-10-18(22)11-9-16/h3-12,14,19H,13H2,1-2H3/b17-12-,23-14?. The highest BCUT2D eigenvalue weighted by molar-refractivity contribution is 9.10. The first kappa shape index (κ1) is 20.6. The number of carbonyl (C=O) groups excluding carboxylic acids is 2. The SMILES string of the molecule is COC(=O)/C(=C\c1ccccc1)CC(N=Cc1ccc(Br)cc1)C(=O)OC. The number of halogens is 1. The third kappa shape index (κ3) is 6.49. The molecule has 0 saturated carbocycles. The summed E-state index contributed by atoms with van der Waals surface area (Å²) in [5.74, 6) is -1.03. The molecule has 0 amide bonds. The fraction of sp³-hybridized carbons (Fsp3) is 0.190. The Kier molecular flexibility index (Phi) is 7.95. The van der Waals surface area contributed by atoms with E-state index in [1.807, 2.05) is 54.6 Å². The van der Waals surface area contributed by atoms with Crippen molar-refractivity contribution in [3.05, 3.63) is 75.8 Å². The Balaban J connectivity index is 2.28. The third-order valence-corrected chi connectivity index (χ3v) is 4.28. The molecular weight excluding hydrogens is 410 g/mol. The quantitative estimate of drug-likeness (QED) is 0.378. The van der Waals surface area contributed by atoms with Crippen LogP contribution in [0.2, 0.25) is 0 Å². The Morgan fingerprint density at radius 1 is 1.00 bits per heavy atom. The normalized spacial score (nSPS) is 12.6. The van der Waals surface area contributed by atoms with Gasteiger partial charge in [-0.2, -0.15) is 0 Å². The molecule has 1 unspecified atom stereocenters. The predicted molar refractivity (Wildman–Crippen MR) is 109 cm³/mol. The molecule has 140 valence electrons. The molecule has 2 rings (SSSR count). The number of esters is 2.